The van der Waals surface area contributed by atoms with E-state index in [2.05, 4.69) is 9.82 Å². The van der Waals surface area contributed by atoms with Crippen LogP contribution in [0.4, 0.5) is 36.6 Å². The third kappa shape index (κ3) is 3.30. The average Bonchev–Trinajstić information content (AvgIpc) is 3.07. The lowest BCUT2D eigenvalue weighted by molar-refractivity contribution is -0.206. The second-order valence-electron chi connectivity index (χ2n) is 6.18. The van der Waals surface area contributed by atoms with Gasteiger partial charge in [0.1, 0.15) is 17.9 Å². The van der Waals surface area contributed by atoms with E-state index in [9.17, 15) is 35.5 Å². The van der Waals surface area contributed by atoms with Gasteiger partial charge in [0.05, 0.1) is 16.8 Å². The quantitative estimate of drug-likeness (QED) is 0.642. The number of hydroxylamine groups is 1. The number of nitrogens with two attached hydrogens (primary N) is 2. The van der Waals surface area contributed by atoms with Crippen LogP contribution in [0.15, 0.2) is 42.2 Å². The summed E-state index contributed by atoms with van der Waals surface area (Å²) in [6.07, 6.45) is -9.67. The Kier molecular flexibility index (Phi) is 4.89. The third-order valence-corrected chi connectivity index (χ3v) is 4.37. The number of benzene rings is 1. The van der Waals surface area contributed by atoms with E-state index < -0.39 is 63.4 Å². The Hall–Kier alpha value is -3.35. The lowest BCUT2D eigenvalue weighted by atomic mass is 9.85. The van der Waals surface area contributed by atoms with Gasteiger partial charge in [-0.3, -0.25) is 4.79 Å². The molecule has 1 aliphatic heterocycles. The summed E-state index contributed by atoms with van der Waals surface area (Å²) in [5.41, 5.74) is 4.53. The van der Waals surface area contributed by atoms with Crippen LogP contribution in [-0.4, -0.2) is 17.1 Å². The third-order valence-electron chi connectivity index (χ3n) is 4.37. The number of nitrogens with one attached hydrogen (secondary N) is 1. The molecule has 0 saturated heterocycles. The fourth-order valence-electron chi connectivity index (χ4n) is 3.01. The fraction of sp³-hybridized carbons (Fsp3) is 0.176. The zero-order valence-electron chi connectivity index (χ0n) is 14.5. The highest BCUT2D eigenvalue weighted by molar-refractivity contribution is 5.95. The Morgan fingerprint density at radius 2 is 1.73 bits per heavy atom. The number of hydrogen-bond acceptors (Lipinski definition) is 5. The molecular formula is C17H11F7N4O2. The number of alkyl halides is 6. The summed E-state index contributed by atoms with van der Waals surface area (Å²) >= 11 is 0. The Balaban J connectivity index is 2.21. The van der Waals surface area contributed by atoms with Crippen LogP contribution >= 0.6 is 0 Å². The van der Waals surface area contributed by atoms with E-state index in [-0.39, 0.29) is 0 Å². The number of halogens is 7. The van der Waals surface area contributed by atoms with Gasteiger partial charge in [-0.15, -0.1) is 5.48 Å². The van der Waals surface area contributed by atoms with Gasteiger partial charge in [0, 0.05) is 11.1 Å². The minimum absolute atomic E-state index is 0.440. The predicted molar refractivity (Wildman–Crippen MR) is 88.3 cm³/mol. The summed E-state index contributed by atoms with van der Waals surface area (Å²) in [4.78, 5) is 19.5. The molecule has 30 heavy (non-hydrogen) atoms. The molecule has 2 heterocycles. The van der Waals surface area contributed by atoms with Gasteiger partial charge < -0.3 is 16.3 Å². The Morgan fingerprint density at radius 3 is 2.27 bits per heavy atom. The molecule has 3 rings (SSSR count). The summed E-state index contributed by atoms with van der Waals surface area (Å²) in [6.45, 7) is 0. The lowest BCUT2D eigenvalue weighted by Crippen LogP contribution is -2.54. The molecule has 5 N–H and O–H groups in total. The molecule has 1 aromatic carbocycles. The number of aromatic nitrogens is 1. The van der Waals surface area contributed by atoms with Crippen molar-refractivity contribution in [3.63, 3.8) is 0 Å². The minimum Gasteiger partial charge on any atom is -0.414 e. The Bertz CT molecular complexity index is 1050. The van der Waals surface area contributed by atoms with Crippen molar-refractivity contribution in [3.05, 3.63) is 59.2 Å². The summed E-state index contributed by atoms with van der Waals surface area (Å²) in [5, 5.41) is 0. The number of hydrogen-bond donors (Lipinski definition) is 3. The van der Waals surface area contributed by atoms with E-state index in [1.807, 2.05) is 0 Å². The molecule has 1 unspecified atom stereocenters. The number of rotatable bonds is 3. The molecule has 0 saturated carbocycles. The maximum Gasteiger partial charge on any atom is 0.420 e. The van der Waals surface area contributed by atoms with E-state index in [4.69, 9.17) is 11.5 Å². The van der Waals surface area contributed by atoms with Crippen LogP contribution in [0, 0.1) is 5.82 Å². The van der Waals surface area contributed by atoms with Gasteiger partial charge in [-0.25, -0.2) is 9.37 Å². The standard InChI is InChI=1S/C17H11F7N4O2/c18-7-1-3-10(16(19,20)21)9(5-7)8-2-4-12(27-13(8)25)15(17(22,23)24)11(14(26)29)6-30-28-15/h1-6,28H,(H2,25,27)(H2,26,29). The summed E-state index contributed by atoms with van der Waals surface area (Å²) in [6, 6.07) is 3.06. The number of anilines is 1. The number of carbonyl (C=O) groups excluding carboxylic acids is 1. The SMILES string of the molecule is NC(=O)C1=CONC1(c1ccc(-c2cc(F)ccc2C(F)(F)F)c(N)n1)C(F)(F)F. The monoisotopic (exact) mass is 436 g/mol. The van der Waals surface area contributed by atoms with E-state index in [0.717, 1.165) is 6.07 Å². The van der Waals surface area contributed by atoms with E-state index in [1.165, 1.54) is 0 Å². The molecule has 13 heteroatoms. The predicted octanol–water partition coefficient (Wildman–Crippen LogP) is 3.15. The number of pyridine rings is 1. The highest BCUT2D eigenvalue weighted by atomic mass is 19.4. The molecular weight excluding hydrogens is 425 g/mol. The van der Waals surface area contributed by atoms with Crippen molar-refractivity contribution in [2.24, 2.45) is 5.73 Å². The summed E-state index contributed by atoms with van der Waals surface area (Å²) < 4.78 is 95.0. The molecule has 0 fully saturated rings. The molecule has 1 aromatic heterocycles. The van der Waals surface area contributed by atoms with Crippen molar-refractivity contribution in [3.8, 4) is 11.1 Å². The fourth-order valence-corrected chi connectivity index (χ4v) is 3.01. The van der Waals surface area contributed by atoms with Gasteiger partial charge >= 0.3 is 12.4 Å². The molecule has 6 nitrogen and oxygen atoms in total. The van der Waals surface area contributed by atoms with Gasteiger partial charge in [0.2, 0.25) is 5.54 Å². The van der Waals surface area contributed by atoms with Crippen LogP contribution in [0.3, 0.4) is 0 Å². The van der Waals surface area contributed by atoms with Crippen LogP contribution in [0.1, 0.15) is 11.3 Å². The highest BCUT2D eigenvalue weighted by Crippen LogP contribution is 2.47. The first-order valence-electron chi connectivity index (χ1n) is 7.93. The first-order valence-corrected chi connectivity index (χ1v) is 7.93. The van der Waals surface area contributed by atoms with Crippen molar-refractivity contribution < 1.29 is 40.4 Å². The molecule has 2 aromatic rings. The van der Waals surface area contributed by atoms with Crippen LogP contribution in [0.25, 0.3) is 11.1 Å². The largest absolute Gasteiger partial charge is 0.420 e. The topological polar surface area (TPSA) is 103 Å². The van der Waals surface area contributed by atoms with Crippen LogP contribution < -0.4 is 16.9 Å². The summed E-state index contributed by atoms with van der Waals surface area (Å²) in [7, 11) is 0. The van der Waals surface area contributed by atoms with Gasteiger partial charge in [0.25, 0.3) is 5.91 Å². The van der Waals surface area contributed by atoms with Gasteiger partial charge in [-0.2, -0.15) is 26.3 Å². The normalized spacial score (nSPS) is 19.4. The van der Waals surface area contributed by atoms with Crippen LogP contribution in [0.2, 0.25) is 0 Å². The first-order chi connectivity index (χ1) is 13.8. The van der Waals surface area contributed by atoms with Crippen molar-refractivity contribution in [1.29, 1.82) is 0 Å². The molecule has 0 spiro atoms. The smallest absolute Gasteiger partial charge is 0.414 e. The van der Waals surface area contributed by atoms with Crippen molar-refractivity contribution >= 4 is 11.7 Å². The number of carbonyl (C=O) groups is 1. The molecule has 0 bridgehead atoms. The number of primary amides is 1. The summed E-state index contributed by atoms with van der Waals surface area (Å²) in [5.74, 6) is -3.28. The van der Waals surface area contributed by atoms with Crippen molar-refractivity contribution in [2.75, 3.05) is 5.73 Å². The van der Waals surface area contributed by atoms with Crippen LogP contribution in [0.5, 0.6) is 0 Å². The number of nitrogens with zero attached hydrogens (tertiary/aromatic N) is 1. The zero-order valence-corrected chi connectivity index (χ0v) is 14.5. The Morgan fingerprint density at radius 1 is 1.07 bits per heavy atom. The first kappa shape index (κ1) is 21.4. The molecule has 1 atom stereocenters. The zero-order chi connectivity index (χ0) is 22.5. The maximum absolute atomic E-state index is 13.9. The highest BCUT2D eigenvalue weighted by Gasteiger charge is 2.64. The molecule has 1 aliphatic rings. The molecule has 0 aliphatic carbocycles. The van der Waals surface area contributed by atoms with Gasteiger partial charge in [0.15, 0.2) is 0 Å². The Labute approximate surface area is 163 Å². The molecule has 0 radical (unpaired) electrons. The van der Waals surface area contributed by atoms with Crippen molar-refractivity contribution in [2.45, 2.75) is 17.9 Å². The van der Waals surface area contributed by atoms with Gasteiger partial charge in [-0.05, 0) is 30.3 Å². The number of amides is 1. The molecule has 160 valence electrons. The van der Waals surface area contributed by atoms with E-state index in [1.54, 1.807) is 5.48 Å². The average molecular weight is 436 g/mol. The van der Waals surface area contributed by atoms with Crippen molar-refractivity contribution in [1.82, 2.24) is 10.5 Å². The van der Waals surface area contributed by atoms with E-state index in [0.29, 0.717) is 30.5 Å². The van der Waals surface area contributed by atoms with Gasteiger partial charge in [-0.1, -0.05) is 0 Å². The van der Waals surface area contributed by atoms with E-state index >= 15 is 0 Å². The maximum atomic E-state index is 13.9. The number of nitrogen functional groups attached to an aromatic ring is 1. The van der Waals surface area contributed by atoms with Crippen LogP contribution in [-0.2, 0) is 21.3 Å². The lowest BCUT2D eigenvalue weighted by Gasteiger charge is -2.31. The second-order valence-corrected chi connectivity index (χ2v) is 6.18. The molecule has 1 amide bonds. The second kappa shape index (κ2) is 6.86. The minimum atomic E-state index is -5.21.